The van der Waals surface area contributed by atoms with Gasteiger partial charge in [0.2, 0.25) is 0 Å². The molecule has 18 heavy (non-hydrogen) atoms. The molecule has 1 aromatic carbocycles. The molecular weight excluding hydrogens is 313 g/mol. The van der Waals surface area contributed by atoms with Gasteiger partial charge >= 0.3 is 6.18 Å². The van der Waals surface area contributed by atoms with Gasteiger partial charge in [-0.1, -0.05) is 15.9 Å². The number of nitrogens with two attached hydrogens (primary N) is 1. The summed E-state index contributed by atoms with van der Waals surface area (Å²) in [5.74, 6) is 0. The maximum Gasteiger partial charge on any atom is 0.411 e. The second-order valence-electron chi connectivity index (χ2n) is 3.79. The summed E-state index contributed by atoms with van der Waals surface area (Å²) >= 11 is 3.28. The first kappa shape index (κ1) is 15.1. The molecule has 0 unspecified atom stereocenters. The van der Waals surface area contributed by atoms with Crippen LogP contribution in [-0.2, 0) is 4.74 Å². The maximum absolute atomic E-state index is 11.8. The summed E-state index contributed by atoms with van der Waals surface area (Å²) in [4.78, 5) is 1.75. The Morgan fingerprint density at radius 2 is 2.06 bits per heavy atom. The Morgan fingerprint density at radius 3 is 2.61 bits per heavy atom. The summed E-state index contributed by atoms with van der Waals surface area (Å²) in [6, 6.07) is 5.35. The van der Waals surface area contributed by atoms with Crippen LogP contribution in [0, 0.1) is 0 Å². The molecule has 0 spiro atoms. The lowest BCUT2D eigenvalue weighted by atomic mass is 10.2. The van der Waals surface area contributed by atoms with E-state index in [1.54, 1.807) is 24.1 Å². The minimum atomic E-state index is -4.28. The average Bonchev–Trinajstić information content (AvgIpc) is 2.22. The van der Waals surface area contributed by atoms with E-state index in [1.165, 1.54) is 0 Å². The van der Waals surface area contributed by atoms with E-state index in [0.717, 1.165) is 10.2 Å². The Hall–Kier alpha value is -0.950. The molecule has 1 aromatic rings. The SMILES string of the molecule is CN(CCOCC(F)(F)F)c1ccc(Br)cc1N. The van der Waals surface area contributed by atoms with Gasteiger partial charge in [-0.15, -0.1) is 0 Å². The van der Waals surface area contributed by atoms with E-state index in [2.05, 4.69) is 20.7 Å². The van der Waals surface area contributed by atoms with Gasteiger partial charge in [0.15, 0.2) is 0 Å². The summed E-state index contributed by atoms with van der Waals surface area (Å²) in [5.41, 5.74) is 7.12. The Labute approximate surface area is 112 Å². The smallest absolute Gasteiger partial charge is 0.397 e. The summed E-state index contributed by atoms with van der Waals surface area (Å²) in [6.45, 7) is -0.899. The molecule has 0 amide bonds. The number of nitrogen functional groups attached to an aromatic ring is 1. The van der Waals surface area contributed by atoms with E-state index in [-0.39, 0.29) is 6.61 Å². The Bertz CT molecular complexity index is 398. The molecule has 0 aromatic heterocycles. The van der Waals surface area contributed by atoms with Crippen molar-refractivity contribution in [1.29, 1.82) is 0 Å². The Morgan fingerprint density at radius 1 is 1.39 bits per heavy atom. The van der Waals surface area contributed by atoms with Crippen molar-refractivity contribution in [2.75, 3.05) is 37.4 Å². The highest BCUT2D eigenvalue weighted by Gasteiger charge is 2.27. The molecule has 0 atom stereocenters. The fourth-order valence-corrected chi connectivity index (χ4v) is 1.76. The van der Waals surface area contributed by atoms with Gasteiger partial charge in [-0.3, -0.25) is 0 Å². The van der Waals surface area contributed by atoms with Crippen molar-refractivity contribution in [3.8, 4) is 0 Å². The predicted octanol–water partition coefficient (Wildman–Crippen LogP) is 3.05. The summed E-state index contributed by atoms with van der Waals surface area (Å²) in [7, 11) is 1.75. The van der Waals surface area contributed by atoms with Crippen molar-refractivity contribution >= 4 is 27.3 Å². The van der Waals surface area contributed by atoms with Crippen LogP contribution in [0.4, 0.5) is 24.5 Å². The predicted molar refractivity (Wildman–Crippen MR) is 68.7 cm³/mol. The summed E-state index contributed by atoms with van der Waals surface area (Å²) < 4.78 is 40.9. The number of nitrogens with zero attached hydrogens (tertiary/aromatic N) is 1. The quantitative estimate of drug-likeness (QED) is 0.667. The van der Waals surface area contributed by atoms with Crippen LogP contribution in [0.25, 0.3) is 0 Å². The number of ether oxygens (including phenoxy) is 1. The molecule has 1 rings (SSSR count). The molecular formula is C11H14BrF3N2O. The Balaban J connectivity index is 2.43. The first-order valence-corrected chi connectivity index (χ1v) is 5.99. The molecule has 2 N–H and O–H groups in total. The van der Waals surface area contributed by atoms with Crippen LogP contribution in [0.2, 0.25) is 0 Å². The van der Waals surface area contributed by atoms with E-state index in [4.69, 9.17) is 5.73 Å². The van der Waals surface area contributed by atoms with Crippen molar-refractivity contribution < 1.29 is 17.9 Å². The molecule has 0 aliphatic rings. The van der Waals surface area contributed by atoms with E-state index in [0.29, 0.717) is 12.2 Å². The van der Waals surface area contributed by atoms with Gasteiger partial charge in [0.05, 0.1) is 18.0 Å². The van der Waals surface area contributed by atoms with Gasteiger partial charge in [-0.05, 0) is 18.2 Å². The topological polar surface area (TPSA) is 38.5 Å². The van der Waals surface area contributed by atoms with Crippen LogP contribution < -0.4 is 10.6 Å². The van der Waals surface area contributed by atoms with Crippen LogP contribution >= 0.6 is 15.9 Å². The zero-order chi connectivity index (χ0) is 13.8. The number of benzene rings is 1. The fourth-order valence-electron chi connectivity index (χ4n) is 1.38. The molecule has 102 valence electrons. The Kier molecular flexibility index (Phi) is 5.28. The zero-order valence-corrected chi connectivity index (χ0v) is 11.4. The van der Waals surface area contributed by atoms with Crippen LogP contribution in [0.5, 0.6) is 0 Å². The van der Waals surface area contributed by atoms with Gasteiger partial charge in [-0.25, -0.2) is 0 Å². The van der Waals surface area contributed by atoms with Crippen molar-refractivity contribution in [3.63, 3.8) is 0 Å². The van der Waals surface area contributed by atoms with E-state index in [9.17, 15) is 13.2 Å². The number of rotatable bonds is 5. The summed E-state index contributed by atoms with van der Waals surface area (Å²) in [5, 5.41) is 0. The maximum atomic E-state index is 11.8. The third kappa shape index (κ3) is 5.14. The third-order valence-corrected chi connectivity index (χ3v) is 2.73. The highest BCUT2D eigenvalue weighted by Crippen LogP contribution is 2.25. The molecule has 0 saturated heterocycles. The third-order valence-electron chi connectivity index (χ3n) is 2.24. The molecule has 0 saturated carbocycles. The van der Waals surface area contributed by atoms with Gasteiger partial charge in [0.25, 0.3) is 0 Å². The number of likely N-dealkylation sites (N-methyl/N-ethyl adjacent to an activating group) is 1. The van der Waals surface area contributed by atoms with Crippen LogP contribution in [0.1, 0.15) is 0 Å². The number of anilines is 2. The minimum Gasteiger partial charge on any atom is -0.397 e. The minimum absolute atomic E-state index is 0.00842. The van der Waals surface area contributed by atoms with Gasteiger partial charge < -0.3 is 15.4 Å². The van der Waals surface area contributed by atoms with Crippen molar-refractivity contribution in [2.45, 2.75) is 6.18 Å². The molecule has 0 bridgehead atoms. The molecule has 0 radical (unpaired) electrons. The highest BCUT2D eigenvalue weighted by atomic mass is 79.9. The lowest BCUT2D eigenvalue weighted by Crippen LogP contribution is -2.26. The number of hydrogen-bond acceptors (Lipinski definition) is 3. The van der Waals surface area contributed by atoms with Crippen LogP contribution in [-0.4, -0.2) is 33.0 Å². The van der Waals surface area contributed by atoms with E-state index < -0.39 is 12.8 Å². The lowest BCUT2D eigenvalue weighted by Gasteiger charge is -2.21. The fraction of sp³-hybridized carbons (Fsp3) is 0.455. The van der Waals surface area contributed by atoms with Gasteiger partial charge in [0.1, 0.15) is 6.61 Å². The van der Waals surface area contributed by atoms with Gasteiger partial charge in [-0.2, -0.15) is 13.2 Å². The second kappa shape index (κ2) is 6.29. The average molecular weight is 327 g/mol. The second-order valence-corrected chi connectivity index (χ2v) is 4.71. The molecule has 3 nitrogen and oxygen atoms in total. The largest absolute Gasteiger partial charge is 0.411 e. The zero-order valence-electron chi connectivity index (χ0n) is 9.80. The highest BCUT2D eigenvalue weighted by molar-refractivity contribution is 9.10. The van der Waals surface area contributed by atoms with Crippen LogP contribution in [0.3, 0.4) is 0 Å². The van der Waals surface area contributed by atoms with Crippen molar-refractivity contribution in [3.05, 3.63) is 22.7 Å². The lowest BCUT2D eigenvalue weighted by molar-refractivity contribution is -0.173. The van der Waals surface area contributed by atoms with Crippen LogP contribution in [0.15, 0.2) is 22.7 Å². The molecule has 0 fully saturated rings. The van der Waals surface area contributed by atoms with Crippen molar-refractivity contribution in [1.82, 2.24) is 0 Å². The number of alkyl halides is 3. The molecule has 7 heteroatoms. The standard InChI is InChI=1S/C11H14BrF3N2O/c1-17(4-5-18-7-11(13,14)15)10-3-2-8(12)6-9(10)16/h2-3,6H,4-5,7,16H2,1H3. The normalized spacial score (nSPS) is 11.6. The molecule has 0 aliphatic heterocycles. The number of hydrogen-bond donors (Lipinski definition) is 1. The summed E-state index contributed by atoms with van der Waals surface area (Å²) in [6.07, 6.45) is -4.28. The molecule has 0 heterocycles. The first-order valence-electron chi connectivity index (χ1n) is 5.20. The first-order chi connectivity index (χ1) is 8.29. The monoisotopic (exact) mass is 326 g/mol. The number of halogens is 4. The van der Waals surface area contributed by atoms with E-state index in [1.807, 2.05) is 6.07 Å². The molecule has 0 aliphatic carbocycles. The van der Waals surface area contributed by atoms with Crippen molar-refractivity contribution in [2.24, 2.45) is 0 Å². The van der Waals surface area contributed by atoms with E-state index >= 15 is 0 Å². The van der Waals surface area contributed by atoms with Gasteiger partial charge in [0, 0.05) is 18.1 Å².